The molecule has 1 aromatic rings. The number of aliphatic hydroxyl groups is 1. The molecule has 1 saturated heterocycles. The van der Waals surface area contributed by atoms with Gasteiger partial charge in [0.05, 0.1) is 24.6 Å². The van der Waals surface area contributed by atoms with Gasteiger partial charge in [0.15, 0.2) is 0 Å². The molecule has 3 heteroatoms. The minimum absolute atomic E-state index is 0.0184. The summed E-state index contributed by atoms with van der Waals surface area (Å²) in [6.07, 6.45) is 3.99. The first-order valence-corrected chi connectivity index (χ1v) is 5.11. The highest BCUT2D eigenvalue weighted by molar-refractivity contribution is 5.00. The molecular weight excluding hydrogens is 180 g/mol. The summed E-state index contributed by atoms with van der Waals surface area (Å²) in [6.45, 7) is 2.04. The fraction of sp³-hybridized carbons (Fsp3) is 0.636. The van der Waals surface area contributed by atoms with E-state index >= 15 is 0 Å². The maximum absolute atomic E-state index is 9.85. The van der Waals surface area contributed by atoms with Crippen LogP contribution in [0.3, 0.4) is 0 Å². The van der Waals surface area contributed by atoms with E-state index in [0.29, 0.717) is 6.42 Å². The monoisotopic (exact) mass is 196 g/mol. The molecule has 2 rings (SSSR count). The third-order valence-electron chi connectivity index (χ3n) is 2.68. The van der Waals surface area contributed by atoms with Gasteiger partial charge in [0.1, 0.15) is 5.76 Å². The van der Waals surface area contributed by atoms with Crippen molar-refractivity contribution in [3.63, 3.8) is 0 Å². The lowest BCUT2D eigenvalue weighted by Crippen LogP contribution is -2.27. The van der Waals surface area contributed by atoms with Crippen molar-refractivity contribution in [3.8, 4) is 0 Å². The minimum Gasteiger partial charge on any atom is -0.469 e. The average Bonchev–Trinajstić information content (AvgIpc) is 2.75. The van der Waals surface area contributed by atoms with Crippen molar-refractivity contribution in [1.29, 1.82) is 0 Å². The zero-order valence-corrected chi connectivity index (χ0v) is 8.35. The predicted octanol–water partition coefficient (Wildman–Crippen LogP) is 1.75. The van der Waals surface area contributed by atoms with Crippen molar-refractivity contribution in [2.45, 2.75) is 44.5 Å². The molecule has 1 aliphatic rings. The summed E-state index contributed by atoms with van der Waals surface area (Å²) < 4.78 is 10.8. The Bertz CT molecular complexity index is 268. The number of furan rings is 1. The zero-order valence-electron chi connectivity index (χ0n) is 8.35. The lowest BCUT2D eigenvalue weighted by molar-refractivity contribution is -0.0295. The van der Waals surface area contributed by atoms with Gasteiger partial charge in [-0.15, -0.1) is 0 Å². The van der Waals surface area contributed by atoms with Gasteiger partial charge in [-0.3, -0.25) is 0 Å². The molecule has 0 aliphatic carbocycles. The zero-order chi connectivity index (χ0) is 9.97. The van der Waals surface area contributed by atoms with Crippen LogP contribution in [-0.4, -0.2) is 23.4 Å². The van der Waals surface area contributed by atoms with Crippen molar-refractivity contribution in [1.82, 2.24) is 0 Å². The summed E-state index contributed by atoms with van der Waals surface area (Å²) in [7, 11) is 0. The van der Waals surface area contributed by atoms with Crippen molar-refractivity contribution >= 4 is 0 Å². The Kier molecular flexibility index (Phi) is 2.89. The molecule has 0 amide bonds. The van der Waals surface area contributed by atoms with Gasteiger partial charge in [-0.1, -0.05) is 0 Å². The van der Waals surface area contributed by atoms with Crippen molar-refractivity contribution in [2.24, 2.45) is 0 Å². The highest BCUT2D eigenvalue weighted by Crippen LogP contribution is 2.23. The second kappa shape index (κ2) is 4.15. The SMILES string of the molecule is CC1CCC(C(O)Cc2ccco2)O1. The molecule has 78 valence electrons. The number of hydrogen-bond donors (Lipinski definition) is 1. The molecule has 1 fully saturated rings. The molecule has 3 atom stereocenters. The Balaban J connectivity index is 1.87. The highest BCUT2D eigenvalue weighted by atomic mass is 16.5. The topological polar surface area (TPSA) is 42.6 Å². The summed E-state index contributed by atoms with van der Waals surface area (Å²) in [6, 6.07) is 3.71. The van der Waals surface area contributed by atoms with Gasteiger partial charge in [0.2, 0.25) is 0 Å². The lowest BCUT2D eigenvalue weighted by Gasteiger charge is -2.17. The molecule has 2 heterocycles. The second-order valence-electron chi connectivity index (χ2n) is 3.91. The van der Waals surface area contributed by atoms with E-state index in [1.807, 2.05) is 19.1 Å². The van der Waals surface area contributed by atoms with Gasteiger partial charge >= 0.3 is 0 Å². The third kappa shape index (κ3) is 2.16. The third-order valence-corrected chi connectivity index (χ3v) is 2.68. The lowest BCUT2D eigenvalue weighted by atomic mass is 10.1. The van der Waals surface area contributed by atoms with Crippen molar-refractivity contribution < 1.29 is 14.3 Å². The number of rotatable bonds is 3. The molecule has 14 heavy (non-hydrogen) atoms. The molecule has 0 saturated carbocycles. The van der Waals surface area contributed by atoms with Gasteiger partial charge in [-0.2, -0.15) is 0 Å². The summed E-state index contributed by atoms with van der Waals surface area (Å²) in [5, 5.41) is 9.85. The Hall–Kier alpha value is -0.800. The second-order valence-corrected chi connectivity index (χ2v) is 3.91. The quantitative estimate of drug-likeness (QED) is 0.800. The molecule has 1 aromatic heterocycles. The van der Waals surface area contributed by atoms with Crippen molar-refractivity contribution in [2.75, 3.05) is 0 Å². The van der Waals surface area contributed by atoms with Crippen LogP contribution >= 0.6 is 0 Å². The first kappa shape index (κ1) is 9.74. The smallest absolute Gasteiger partial charge is 0.106 e. The number of hydrogen-bond acceptors (Lipinski definition) is 3. The standard InChI is InChI=1S/C11H16O3/c1-8-4-5-11(14-8)10(12)7-9-3-2-6-13-9/h2-3,6,8,10-12H,4-5,7H2,1H3. The summed E-state index contributed by atoms with van der Waals surface area (Å²) >= 11 is 0. The van der Waals surface area contributed by atoms with Crippen LogP contribution < -0.4 is 0 Å². The summed E-state index contributed by atoms with van der Waals surface area (Å²) in [4.78, 5) is 0. The van der Waals surface area contributed by atoms with E-state index in [-0.39, 0.29) is 12.2 Å². The molecular formula is C11H16O3. The molecule has 0 radical (unpaired) electrons. The average molecular weight is 196 g/mol. The molecule has 3 nitrogen and oxygen atoms in total. The first-order chi connectivity index (χ1) is 6.75. The predicted molar refractivity (Wildman–Crippen MR) is 52.0 cm³/mol. The molecule has 0 spiro atoms. The summed E-state index contributed by atoms with van der Waals surface area (Å²) in [5.41, 5.74) is 0. The van der Waals surface area contributed by atoms with E-state index in [4.69, 9.17) is 9.15 Å². The maximum atomic E-state index is 9.85. The Morgan fingerprint density at radius 3 is 3.00 bits per heavy atom. The maximum Gasteiger partial charge on any atom is 0.106 e. The Morgan fingerprint density at radius 1 is 1.57 bits per heavy atom. The molecule has 1 aliphatic heterocycles. The Morgan fingerprint density at radius 2 is 2.43 bits per heavy atom. The van der Waals surface area contributed by atoms with Crippen LogP contribution in [0.5, 0.6) is 0 Å². The van der Waals surface area contributed by atoms with Gasteiger partial charge in [-0.05, 0) is 31.9 Å². The fourth-order valence-corrected chi connectivity index (χ4v) is 1.88. The van der Waals surface area contributed by atoms with E-state index in [1.165, 1.54) is 0 Å². The molecule has 3 unspecified atom stereocenters. The van der Waals surface area contributed by atoms with Gasteiger partial charge in [0.25, 0.3) is 0 Å². The van der Waals surface area contributed by atoms with E-state index < -0.39 is 6.10 Å². The van der Waals surface area contributed by atoms with Gasteiger partial charge in [-0.25, -0.2) is 0 Å². The van der Waals surface area contributed by atoms with Crippen LogP contribution in [0.15, 0.2) is 22.8 Å². The molecule has 0 aromatic carbocycles. The van der Waals surface area contributed by atoms with E-state index in [1.54, 1.807) is 6.26 Å². The molecule has 1 N–H and O–H groups in total. The van der Waals surface area contributed by atoms with Gasteiger partial charge < -0.3 is 14.3 Å². The fourth-order valence-electron chi connectivity index (χ4n) is 1.88. The Labute approximate surface area is 83.7 Å². The molecule has 0 bridgehead atoms. The van der Waals surface area contributed by atoms with Crippen LogP contribution in [0.2, 0.25) is 0 Å². The van der Waals surface area contributed by atoms with E-state index in [0.717, 1.165) is 18.6 Å². The van der Waals surface area contributed by atoms with Crippen LogP contribution in [-0.2, 0) is 11.2 Å². The van der Waals surface area contributed by atoms with Crippen LogP contribution in [0.25, 0.3) is 0 Å². The minimum atomic E-state index is -0.439. The van der Waals surface area contributed by atoms with E-state index in [2.05, 4.69) is 0 Å². The number of ether oxygens (including phenoxy) is 1. The van der Waals surface area contributed by atoms with Gasteiger partial charge in [0, 0.05) is 6.42 Å². The van der Waals surface area contributed by atoms with Crippen LogP contribution in [0, 0.1) is 0 Å². The highest BCUT2D eigenvalue weighted by Gasteiger charge is 2.28. The normalized spacial score (nSPS) is 29.3. The first-order valence-electron chi connectivity index (χ1n) is 5.11. The van der Waals surface area contributed by atoms with Crippen LogP contribution in [0.1, 0.15) is 25.5 Å². The number of aliphatic hydroxyl groups excluding tert-OH is 1. The summed E-state index contributed by atoms with van der Waals surface area (Å²) in [5.74, 6) is 0.820. The largest absolute Gasteiger partial charge is 0.469 e. The van der Waals surface area contributed by atoms with E-state index in [9.17, 15) is 5.11 Å². The van der Waals surface area contributed by atoms with Crippen LogP contribution in [0.4, 0.5) is 0 Å². The van der Waals surface area contributed by atoms with Crippen molar-refractivity contribution in [3.05, 3.63) is 24.2 Å².